The Morgan fingerprint density at radius 1 is 0.360 bits per heavy atom. The van der Waals surface area contributed by atoms with Gasteiger partial charge in [-0.25, -0.2) is 0 Å². The molecule has 0 saturated heterocycles. The lowest BCUT2D eigenvalue weighted by Gasteiger charge is -2.26. The van der Waals surface area contributed by atoms with Crippen LogP contribution >= 0.6 is 0 Å². The lowest BCUT2D eigenvalue weighted by atomic mass is 10.00. The maximum absolute atomic E-state index is 6.49. The van der Waals surface area contributed by atoms with Crippen molar-refractivity contribution in [3.63, 3.8) is 0 Å². The first kappa shape index (κ1) is 28.3. The summed E-state index contributed by atoms with van der Waals surface area (Å²) in [5.74, 6) is 0. The quantitative estimate of drug-likeness (QED) is 0.188. The van der Waals surface area contributed by atoms with Gasteiger partial charge >= 0.3 is 0 Å². The SMILES string of the molecule is c1ccc2cc(-c3ccc(N(c4ccc(-c5ccc6ccccc6c5)cc4)c4ccc5c(c4)oc4cc6cccnc6cc45)cc3)ccc2c1. The number of pyridine rings is 1. The average molecular weight is 639 g/mol. The van der Waals surface area contributed by atoms with Crippen LogP contribution in [0.5, 0.6) is 0 Å². The van der Waals surface area contributed by atoms with Crippen molar-refractivity contribution in [2.45, 2.75) is 0 Å². The fourth-order valence-electron chi connectivity index (χ4n) is 7.26. The van der Waals surface area contributed by atoms with Gasteiger partial charge in [0.05, 0.1) is 5.52 Å². The van der Waals surface area contributed by atoms with E-state index >= 15 is 0 Å². The van der Waals surface area contributed by atoms with E-state index in [1.165, 1.54) is 43.8 Å². The largest absolute Gasteiger partial charge is 0.456 e. The number of furan rings is 1. The molecule has 0 N–H and O–H groups in total. The van der Waals surface area contributed by atoms with Gasteiger partial charge in [0.25, 0.3) is 0 Å². The van der Waals surface area contributed by atoms with E-state index < -0.39 is 0 Å². The van der Waals surface area contributed by atoms with Gasteiger partial charge in [-0.15, -0.1) is 0 Å². The fourth-order valence-corrected chi connectivity index (χ4v) is 7.26. The van der Waals surface area contributed by atoms with Crippen molar-refractivity contribution in [1.82, 2.24) is 4.98 Å². The predicted molar refractivity (Wildman–Crippen MR) is 210 cm³/mol. The van der Waals surface area contributed by atoms with E-state index in [4.69, 9.17) is 4.42 Å². The van der Waals surface area contributed by atoms with Gasteiger partial charge in [0.1, 0.15) is 11.2 Å². The zero-order chi connectivity index (χ0) is 33.0. The molecule has 0 radical (unpaired) electrons. The number of fused-ring (bicyclic) bond motifs is 6. The summed E-state index contributed by atoms with van der Waals surface area (Å²) in [4.78, 5) is 6.89. The van der Waals surface area contributed by atoms with Crippen molar-refractivity contribution in [3.05, 3.63) is 182 Å². The summed E-state index contributed by atoms with van der Waals surface area (Å²) in [5, 5.41) is 8.19. The second-order valence-corrected chi connectivity index (χ2v) is 12.9. The molecule has 10 rings (SSSR count). The van der Waals surface area contributed by atoms with Gasteiger partial charge in [0.15, 0.2) is 0 Å². The number of benzene rings is 8. The summed E-state index contributed by atoms with van der Waals surface area (Å²) in [6.45, 7) is 0. The molecule has 0 bridgehead atoms. The van der Waals surface area contributed by atoms with Gasteiger partial charge in [0, 0.05) is 45.5 Å². The molecule has 0 aliphatic heterocycles. The third-order valence-electron chi connectivity index (χ3n) is 9.85. The molecular formula is C47H30N2O. The van der Waals surface area contributed by atoms with Gasteiger partial charge in [-0.1, -0.05) is 103 Å². The Morgan fingerprint density at radius 2 is 0.880 bits per heavy atom. The van der Waals surface area contributed by atoms with E-state index in [1.807, 2.05) is 12.3 Å². The van der Waals surface area contributed by atoms with Gasteiger partial charge in [-0.2, -0.15) is 0 Å². The molecule has 0 fully saturated rings. The van der Waals surface area contributed by atoms with E-state index in [2.05, 4.69) is 180 Å². The monoisotopic (exact) mass is 638 g/mol. The Labute approximate surface area is 289 Å². The lowest BCUT2D eigenvalue weighted by molar-refractivity contribution is 0.669. The molecule has 0 amide bonds. The maximum Gasteiger partial charge on any atom is 0.137 e. The van der Waals surface area contributed by atoms with Crippen LogP contribution in [0.3, 0.4) is 0 Å². The Kier molecular flexibility index (Phi) is 6.49. The van der Waals surface area contributed by atoms with Crippen molar-refractivity contribution in [1.29, 1.82) is 0 Å². The maximum atomic E-state index is 6.49. The third-order valence-corrected chi connectivity index (χ3v) is 9.85. The summed E-state index contributed by atoms with van der Waals surface area (Å²) in [7, 11) is 0. The first-order valence-electron chi connectivity index (χ1n) is 16.9. The number of anilines is 3. The molecule has 50 heavy (non-hydrogen) atoms. The van der Waals surface area contributed by atoms with Crippen molar-refractivity contribution in [2.75, 3.05) is 4.90 Å². The minimum atomic E-state index is 0.846. The molecule has 3 heteroatoms. The molecule has 0 unspecified atom stereocenters. The zero-order valence-electron chi connectivity index (χ0n) is 27.1. The molecule has 2 aromatic heterocycles. The summed E-state index contributed by atoms with van der Waals surface area (Å²) in [5.41, 5.74) is 10.6. The lowest BCUT2D eigenvalue weighted by Crippen LogP contribution is -2.09. The van der Waals surface area contributed by atoms with Crippen LogP contribution in [0.15, 0.2) is 187 Å². The first-order valence-corrected chi connectivity index (χ1v) is 16.9. The third kappa shape index (κ3) is 4.87. The molecule has 0 atom stereocenters. The van der Waals surface area contributed by atoms with E-state index in [0.717, 1.165) is 49.9 Å². The van der Waals surface area contributed by atoms with E-state index in [-0.39, 0.29) is 0 Å². The van der Waals surface area contributed by atoms with E-state index in [9.17, 15) is 0 Å². The summed E-state index contributed by atoms with van der Waals surface area (Å²) in [6.07, 6.45) is 1.84. The molecule has 10 aromatic rings. The highest BCUT2D eigenvalue weighted by atomic mass is 16.3. The number of aromatic nitrogens is 1. The van der Waals surface area contributed by atoms with Crippen LogP contribution in [-0.4, -0.2) is 4.98 Å². The Morgan fingerprint density at radius 3 is 1.50 bits per heavy atom. The van der Waals surface area contributed by atoms with Crippen LogP contribution in [-0.2, 0) is 0 Å². The smallest absolute Gasteiger partial charge is 0.137 e. The van der Waals surface area contributed by atoms with Crippen molar-refractivity contribution in [3.8, 4) is 22.3 Å². The summed E-state index contributed by atoms with van der Waals surface area (Å²) < 4.78 is 6.49. The van der Waals surface area contributed by atoms with Crippen LogP contribution in [0.25, 0.3) is 76.6 Å². The van der Waals surface area contributed by atoms with Crippen molar-refractivity contribution < 1.29 is 4.42 Å². The Balaban J connectivity index is 1.08. The summed E-state index contributed by atoms with van der Waals surface area (Å²) in [6, 6.07) is 62.8. The van der Waals surface area contributed by atoms with Crippen molar-refractivity contribution >= 4 is 71.4 Å². The van der Waals surface area contributed by atoms with Crippen LogP contribution in [0, 0.1) is 0 Å². The molecule has 0 aliphatic rings. The number of rotatable bonds is 5. The van der Waals surface area contributed by atoms with E-state index in [0.29, 0.717) is 0 Å². The van der Waals surface area contributed by atoms with Crippen LogP contribution in [0.1, 0.15) is 0 Å². The Bertz CT molecular complexity index is 2750. The molecule has 3 nitrogen and oxygen atoms in total. The van der Waals surface area contributed by atoms with Crippen LogP contribution < -0.4 is 4.90 Å². The molecule has 0 saturated carbocycles. The number of hydrogen-bond acceptors (Lipinski definition) is 3. The highest BCUT2D eigenvalue weighted by Gasteiger charge is 2.17. The minimum Gasteiger partial charge on any atom is -0.456 e. The molecule has 234 valence electrons. The normalized spacial score (nSPS) is 11.6. The highest BCUT2D eigenvalue weighted by molar-refractivity contribution is 6.10. The minimum absolute atomic E-state index is 0.846. The molecule has 2 heterocycles. The Hall–Kier alpha value is -6.71. The summed E-state index contributed by atoms with van der Waals surface area (Å²) >= 11 is 0. The molecule has 8 aromatic carbocycles. The van der Waals surface area contributed by atoms with Crippen molar-refractivity contribution in [2.24, 2.45) is 0 Å². The standard InChI is InChI=1S/C47H30N2O/c1-3-8-35-26-37(13-11-31(35)6-1)33-15-19-40(20-16-33)49(41-21-17-34(18-22-41)38-14-12-32-7-2-4-9-36(32)27-38)42-23-24-43-44-30-45-39(10-5-25-48-45)28-46(44)50-47(43)29-42/h1-30H. The molecular weight excluding hydrogens is 609 g/mol. The fraction of sp³-hybridized carbons (Fsp3) is 0. The topological polar surface area (TPSA) is 29.3 Å². The average Bonchev–Trinajstić information content (AvgIpc) is 3.53. The van der Waals surface area contributed by atoms with Gasteiger partial charge < -0.3 is 9.32 Å². The predicted octanol–water partition coefficient (Wildman–Crippen LogP) is 13.2. The van der Waals surface area contributed by atoms with Crippen LogP contribution in [0.2, 0.25) is 0 Å². The van der Waals surface area contributed by atoms with Crippen LogP contribution in [0.4, 0.5) is 17.1 Å². The second kappa shape index (κ2) is 11.5. The highest BCUT2D eigenvalue weighted by Crippen LogP contribution is 2.40. The van der Waals surface area contributed by atoms with Gasteiger partial charge in [0.2, 0.25) is 0 Å². The number of nitrogens with zero attached hydrogens (tertiary/aromatic N) is 2. The molecule has 0 aliphatic carbocycles. The number of hydrogen-bond donors (Lipinski definition) is 0. The van der Waals surface area contributed by atoms with Gasteiger partial charge in [-0.3, -0.25) is 4.98 Å². The second-order valence-electron chi connectivity index (χ2n) is 12.9. The molecule has 0 spiro atoms. The zero-order valence-corrected chi connectivity index (χ0v) is 27.1. The van der Waals surface area contributed by atoms with E-state index in [1.54, 1.807) is 0 Å². The van der Waals surface area contributed by atoms with Gasteiger partial charge in [-0.05, 0) is 111 Å². The first-order chi connectivity index (χ1) is 24.7.